The molecule has 1 aliphatic heterocycles. The van der Waals surface area contributed by atoms with E-state index in [2.05, 4.69) is 15.3 Å². The molecule has 2 aromatic heterocycles. The maximum Gasteiger partial charge on any atom is 0.136 e. The fourth-order valence-corrected chi connectivity index (χ4v) is 4.84. The van der Waals surface area contributed by atoms with Gasteiger partial charge in [-0.2, -0.15) is 0 Å². The third-order valence-corrected chi connectivity index (χ3v) is 7.12. The number of benzene rings is 1. The van der Waals surface area contributed by atoms with E-state index in [-0.39, 0.29) is 11.9 Å². The normalized spacial score (nSPS) is 17.8. The highest BCUT2D eigenvalue weighted by atomic mass is 19.1. The van der Waals surface area contributed by atoms with Crippen LogP contribution in [0.1, 0.15) is 51.8 Å². The number of pyridine rings is 1. The highest BCUT2D eigenvalue weighted by Gasteiger charge is 2.31. The zero-order valence-electron chi connectivity index (χ0n) is 22.6. The van der Waals surface area contributed by atoms with Crippen LogP contribution in [-0.2, 0) is 13.0 Å². The van der Waals surface area contributed by atoms with E-state index in [1.54, 1.807) is 13.1 Å². The summed E-state index contributed by atoms with van der Waals surface area (Å²) in [6.45, 7) is 8.41. The predicted molar refractivity (Wildman–Crippen MR) is 146 cm³/mol. The fraction of sp³-hybridized carbons (Fsp3) is 0.448. The number of aliphatic hydroxyl groups is 1. The molecule has 4 N–H and O–H groups in total. The van der Waals surface area contributed by atoms with Gasteiger partial charge in [0, 0.05) is 54.3 Å². The Balaban J connectivity index is 1.72. The van der Waals surface area contributed by atoms with Crippen molar-refractivity contribution < 1.29 is 14.2 Å². The lowest BCUT2D eigenvalue weighted by Crippen LogP contribution is -2.35. The van der Waals surface area contributed by atoms with E-state index in [9.17, 15) is 9.50 Å². The summed E-state index contributed by atoms with van der Waals surface area (Å²) in [7, 11) is 3.61. The zero-order chi connectivity index (χ0) is 26.9. The summed E-state index contributed by atoms with van der Waals surface area (Å²) in [4.78, 5) is 8.82. The van der Waals surface area contributed by atoms with Gasteiger partial charge in [0.25, 0.3) is 0 Å². The number of hydrogen-bond donors (Lipinski definition) is 3. The van der Waals surface area contributed by atoms with Crippen molar-refractivity contribution in [3.63, 3.8) is 0 Å². The lowest BCUT2D eigenvalue weighted by molar-refractivity contribution is 0.0920. The number of aromatic nitrogens is 2. The lowest BCUT2D eigenvalue weighted by Gasteiger charge is -2.31. The second-order valence-corrected chi connectivity index (χ2v) is 10.8. The molecule has 0 saturated heterocycles. The monoisotopic (exact) mass is 507 g/mol. The second kappa shape index (κ2) is 10.6. The Morgan fingerprint density at radius 3 is 2.76 bits per heavy atom. The van der Waals surface area contributed by atoms with Crippen LogP contribution in [0.15, 0.2) is 52.9 Å². The van der Waals surface area contributed by atoms with Crippen molar-refractivity contribution in [3.8, 4) is 16.9 Å². The molecule has 3 heterocycles. The van der Waals surface area contributed by atoms with Gasteiger partial charge in [0.15, 0.2) is 0 Å². The van der Waals surface area contributed by atoms with Gasteiger partial charge in [-0.15, -0.1) is 0 Å². The van der Waals surface area contributed by atoms with E-state index in [1.807, 2.05) is 63.7 Å². The first kappa shape index (κ1) is 26.8. The van der Waals surface area contributed by atoms with Gasteiger partial charge in [0.05, 0.1) is 18.0 Å². The zero-order valence-corrected chi connectivity index (χ0v) is 22.6. The molecular formula is C29H38FN5O2. The van der Waals surface area contributed by atoms with Gasteiger partial charge in [-0.1, -0.05) is 20.8 Å². The van der Waals surface area contributed by atoms with Crippen LogP contribution in [0.4, 0.5) is 4.39 Å². The molecule has 37 heavy (non-hydrogen) atoms. The van der Waals surface area contributed by atoms with Crippen LogP contribution in [0.5, 0.6) is 5.75 Å². The molecule has 3 aromatic rings. The first-order valence-electron chi connectivity index (χ1n) is 12.7. The van der Waals surface area contributed by atoms with Crippen molar-refractivity contribution in [2.75, 3.05) is 14.1 Å². The number of hydrogen-bond acceptors (Lipinski definition) is 6. The van der Waals surface area contributed by atoms with E-state index in [0.717, 1.165) is 33.8 Å². The highest BCUT2D eigenvalue weighted by molar-refractivity contribution is 5.99. The Kier molecular flexibility index (Phi) is 7.71. The number of ether oxygens (including phenoxy) is 1. The average Bonchev–Trinajstić information content (AvgIpc) is 3.28. The quantitative estimate of drug-likeness (QED) is 0.405. The van der Waals surface area contributed by atoms with E-state index >= 15 is 0 Å². The molecule has 1 aliphatic rings. The Morgan fingerprint density at radius 2 is 2.08 bits per heavy atom. The molecule has 2 atom stereocenters. The summed E-state index contributed by atoms with van der Waals surface area (Å²) >= 11 is 0. The van der Waals surface area contributed by atoms with E-state index in [4.69, 9.17) is 10.5 Å². The number of rotatable bonds is 7. The minimum absolute atomic E-state index is 0.234. The molecular weight excluding hydrogens is 469 g/mol. The first-order valence-corrected chi connectivity index (χ1v) is 12.7. The van der Waals surface area contributed by atoms with Gasteiger partial charge in [0.2, 0.25) is 0 Å². The highest BCUT2D eigenvalue weighted by Crippen LogP contribution is 2.40. The van der Waals surface area contributed by atoms with Crippen molar-refractivity contribution in [2.24, 2.45) is 16.1 Å². The lowest BCUT2D eigenvalue weighted by atomic mass is 9.84. The summed E-state index contributed by atoms with van der Waals surface area (Å²) < 4.78 is 23.4. The van der Waals surface area contributed by atoms with E-state index in [1.165, 1.54) is 6.07 Å². The largest absolute Gasteiger partial charge is 0.489 e. The third-order valence-electron chi connectivity index (χ3n) is 7.12. The number of nitrogens with one attached hydrogen (secondary N) is 1. The van der Waals surface area contributed by atoms with Gasteiger partial charge in [-0.05, 0) is 62.1 Å². The molecule has 8 heteroatoms. The SMILES string of the molecule is CN=C(C)/C(CC1CCc2c(F)ccc(-c3ccc4ncc(CNC)n4c3)c2O1)=C(\N)C(O)C(C)(C)C. The van der Waals surface area contributed by atoms with Crippen molar-refractivity contribution in [1.82, 2.24) is 14.7 Å². The summed E-state index contributed by atoms with van der Waals surface area (Å²) in [5, 5.41) is 14.0. The van der Waals surface area contributed by atoms with Crippen LogP contribution in [0.25, 0.3) is 16.8 Å². The molecule has 1 aromatic carbocycles. The fourth-order valence-electron chi connectivity index (χ4n) is 4.84. The second-order valence-electron chi connectivity index (χ2n) is 10.8. The molecule has 0 spiro atoms. The number of nitrogens with two attached hydrogens (primary N) is 1. The molecule has 0 radical (unpaired) electrons. The average molecular weight is 508 g/mol. The van der Waals surface area contributed by atoms with E-state index in [0.29, 0.717) is 42.8 Å². The topological polar surface area (TPSA) is 97.2 Å². The molecule has 0 bridgehead atoms. The summed E-state index contributed by atoms with van der Waals surface area (Å²) in [6.07, 6.45) is 4.48. The van der Waals surface area contributed by atoms with Gasteiger partial charge < -0.3 is 25.3 Å². The van der Waals surface area contributed by atoms with Gasteiger partial charge in [-0.3, -0.25) is 4.99 Å². The minimum Gasteiger partial charge on any atom is -0.489 e. The van der Waals surface area contributed by atoms with E-state index < -0.39 is 11.5 Å². The van der Waals surface area contributed by atoms with Crippen LogP contribution in [-0.4, -0.2) is 46.5 Å². The Bertz CT molecular complexity index is 1350. The number of nitrogens with zero attached hydrogens (tertiary/aromatic N) is 3. The van der Waals surface area contributed by atoms with Crippen molar-refractivity contribution in [2.45, 2.75) is 65.7 Å². The number of fused-ring (bicyclic) bond motifs is 2. The molecule has 0 fully saturated rings. The molecule has 0 saturated carbocycles. The molecule has 0 amide bonds. The van der Waals surface area contributed by atoms with Crippen LogP contribution in [0.2, 0.25) is 0 Å². The van der Waals surface area contributed by atoms with Crippen LogP contribution < -0.4 is 15.8 Å². The smallest absolute Gasteiger partial charge is 0.136 e. The molecule has 2 unspecified atom stereocenters. The van der Waals surface area contributed by atoms with Crippen molar-refractivity contribution >= 4 is 11.4 Å². The summed E-state index contributed by atoms with van der Waals surface area (Å²) in [5.74, 6) is 0.299. The number of aliphatic imine (C=N–C) groups is 1. The van der Waals surface area contributed by atoms with Crippen LogP contribution >= 0.6 is 0 Å². The number of imidazole rings is 1. The summed E-state index contributed by atoms with van der Waals surface area (Å²) in [6, 6.07) is 7.24. The van der Waals surface area contributed by atoms with Crippen LogP contribution in [0.3, 0.4) is 0 Å². The summed E-state index contributed by atoms with van der Waals surface area (Å²) in [5.41, 5.74) is 12.2. The number of halogens is 1. The maximum absolute atomic E-state index is 14.9. The Hall–Kier alpha value is -3.23. The maximum atomic E-state index is 14.9. The molecule has 198 valence electrons. The molecule has 7 nitrogen and oxygen atoms in total. The Labute approximate surface area is 218 Å². The number of aliphatic hydroxyl groups excluding tert-OH is 1. The van der Waals surface area contributed by atoms with Gasteiger partial charge in [0.1, 0.15) is 23.3 Å². The minimum atomic E-state index is -0.822. The standard InChI is InChI=1S/C29H38FN5O2/c1-17(33-6)23(26(31)28(36)29(2,3)4)13-20-8-9-22-24(30)11-10-21(27(22)37-20)18-7-12-25-34-15-19(14-32-5)35(25)16-18/h7,10-12,15-16,20,28,32,36H,8-9,13-14,31H2,1-6H3/b26-23-,33-17?. The van der Waals surface area contributed by atoms with Crippen molar-refractivity contribution in [1.29, 1.82) is 0 Å². The molecule has 0 aliphatic carbocycles. The molecule has 4 rings (SSSR count). The van der Waals surface area contributed by atoms with Gasteiger partial charge in [-0.25, -0.2) is 9.37 Å². The van der Waals surface area contributed by atoms with Gasteiger partial charge >= 0.3 is 0 Å². The Morgan fingerprint density at radius 1 is 1.32 bits per heavy atom. The first-order chi connectivity index (χ1) is 17.5. The van der Waals surface area contributed by atoms with Crippen LogP contribution in [0, 0.1) is 11.2 Å². The predicted octanol–water partition coefficient (Wildman–Crippen LogP) is 4.65. The third kappa shape index (κ3) is 5.40. The van der Waals surface area contributed by atoms with Crippen molar-refractivity contribution in [3.05, 3.63) is 65.0 Å².